The topological polar surface area (TPSA) is 24.3 Å². The lowest BCUT2D eigenvalue weighted by Crippen LogP contribution is -2.44. The van der Waals surface area contributed by atoms with Crippen molar-refractivity contribution < 1.29 is 4.39 Å². The average molecular weight is 339 g/mol. The summed E-state index contributed by atoms with van der Waals surface area (Å²) in [5.41, 5.74) is 1.46. The summed E-state index contributed by atoms with van der Waals surface area (Å²) < 4.78 is 16.9. The van der Waals surface area contributed by atoms with Crippen LogP contribution in [0.5, 0.6) is 0 Å². The van der Waals surface area contributed by atoms with Crippen LogP contribution in [0.1, 0.15) is 0 Å². The molecule has 0 aliphatic carbocycles. The summed E-state index contributed by atoms with van der Waals surface area (Å²) in [5, 5.41) is 0. The van der Waals surface area contributed by atoms with E-state index in [1.165, 1.54) is 0 Å². The molecule has 0 spiro atoms. The first-order chi connectivity index (χ1) is 9.63. The van der Waals surface area contributed by atoms with Crippen molar-refractivity contribution >= 4 is 21.6 Å². The van der Waals surface area contributed by atoms with Gasteiger partial charge in [-0.15, -0.1) is 0 Å². The maximum absolute atomic E-state index is 14.3. The van der Waals surface area contributed by atoms with Gasteiger partial charge in [0.2, 0.25) is 0 Å². The van der Waals surface area contributed by atoms with E-state index >= 15 is 0 Å². The molecule has 2 aromatic rings. The van der Waals surface area contributed by atoms with E-state index < -0.39 is 0 Å². The molecule has 1 aliphatic heterocycles. The Kier molecular flexibility index (Phi) is 3.76. The van der Waals surface area contributed by atoms with Crippen molar-refractivity contribution in [3.8, 4) is 5.69 Å². The van der Waals surface area contributed by atoms with Gasteiger partial charge in [-0.25, -0.2) is 9.37 Å². The molecule has 6 heteroatoms. The van der Waals surface area contributed by atoms with E-state index in [-0.39, 0.29) is 5.82 Å². The summed E-state index contributed by atoms with van der Waals surface area (Å²) in [5.74, 6) is -0.183. The Labute approximate surface area is 125 Å². The van der Waals surface area contributed by atoms with Gasteiger partial charge in [-0.1, -0.05) is 0 Å². The number of likely N-dealkylation sites (N-methyl/N-ethyl adjacent to an activating group) is 1. The van der Waals surface area contributed by atoms with Gasteiger partial charge in [0, 0.05) is 44.1 Å². The van der Waals surface area contributed by atoms with Crippen molar-refractivity contribution in [1.82, 2.24) is 14.5 Å². The Morgan fingerprint density at radius 3 is 2.55 bits per heavy atom. The van der Waals surface area contributed by atoms with Gasteiger partial charge < -0.3 is 14.4 Å². The second-order valence-electron chi connectivity index (χ2n) is 5.03. The van der Waals surface area contributed by atoms with E-state index in [1.807, 2.05) is 18.3 Å². The lowest BCUT2D eigenvalue weighted by molar-refractivity contribution is 0.311. The number of benzene rings is 1. The van der Waals surface area contributed by atoms with Gasteiger partial charge in [-0.3, -0.25) is 0 Å². The number of aromatic nitrogens is 2. The lowest BCUT2D eigenvalue weighted by atomic mass is 10.2. The molecule has 1 fully saturated rings. The van der Waals surface area contributed by atoms with Crippen LogP contribution >= 0.6 is 15.9 Å². The highest BCUT2D eigenvalue weighted by Crippen LogP contribution is 2.23. The summed E-state index contributed by atoms with van der Waals surface area (Å²) >= 11 is 3.29. The van der Waals surface area contributed by atoms with Crippen molar-refractivity contribution in [3.05, 3.63) is 41.1 Å². The molecule has 1 aromatic heterocycles. The van der Waals surface area contributed by atoms with Crippen LogP contribution in [0.4, 0.5) is 10.1 Å². The molecule has 106 valence electrons. The van der Waals surface area contributed by atoms with Gasteiger partial charge in [0.15, 0.2) is 0 Å². The van der Waals surface area contributed by atoms with E-state index in [0.717, 1.165) is 36.5 Å². The number of nitrogens with zero attached hydrogens (tertiary/aromatic N) is 4. The van der Waals surface area contributed by atoms with Crippen LogP contribution in [0.2, 0.25) is 0 Å². The first kappa shape index (κ1) is 13.6. The lowest BCUT2D eigenvalue weighted by Gasteiger charge is -2.34. The predicted octanol–water partition coefficient (Wildman–Crippen LogP) is 2.53. The third-order valence-electron chi connectivity index (χ3n) is 3.62. The smallest absolute Gasteiger partial charge is 0.148 e. The molecule has 0 atom stereocenters. The van der Waals surface area contributed by atoms with Crippen LogP contribution in [0.3, 0.4) is 0 Å². The largest absolute Gasteiger partial charge is 0.367 e. The molecule has 0 bridgehead atoms. The Balaban J connectivity index is 1.84. The fraction of sp³-hybridized carbons (Fsp3) is 0.357. The maximum Gasteiger partial charge on any atom is 0.148 e. The molecule has 1 aromatic carbocycles. The Hall–Kier alpha value is -1.40. The summed E-state index contributed by atoms with van der Waals surface area (Å²) in [6, 6.07) is 5.33. The molecule has 3 rings (SSSR count). The van der Waals surface area contributed by atoms with E-state index in [1.54, 1.807) is 17.0 Å². The molecule has 0 N–H and O–H groups in total. The molecule has 0 amide bonds. The summed E-state index contributed by atoms with van der Waals surface area (Å²) in [6.07, 6.45) is 3.47. The SMILES string of the molecule is CN1CCN(c2ccc(-n3cnc(Br)c3)cc2F)CC1. The molecule has 0 unspecified atom stereocenters. The van der Waals surface area contributed by atoms with Crippen molar-refractivity contribution in [2.24, 2.45) is 0 Å². The van der Waals surface area contributed by atoms with Crippen molar-refractivity contribution in [1.29, 1.82) is 0 Å². The first-order valence-corrected chi connectivity index (χ1v) is 7.36. The fourth-order valence-electron chi connectivity index (χ4n) is 2.40. The minimum atomic E-state index is -0.183. The molecule has 2 heterocycles. The summed E-state index contributed by atoms with van der Waals surface area (Å²) in [6.45, 7) is 3.66. The predicted molar refractivity (Wildman–Crippen MR) is 80.9 cm³/mol. The zero-order valence-corrected chi connectivity index (χ0v) is 12.8. The number of anilines is 1. The normalized spacial score (nSPS) is 16.6. The highest BCUT2D eigenvalue weighted by Gasteiger charge is 2.17. The van der Waals surface area contributed by atoms with Crippen LogP contribution in [0, 0.1) is 5.82 Å². The third kappa shape index (κ3) is 2.71. The minimum absolute atomic E-state index is 0.183. The van der Waals surface area contributed by atoms with Crippen LogP contribution < -0.4 is 4.90 Å². The number of hydrogen-bond acceptors (Lipinski definition) is 3. The van der Waals surface area contributed by atoms with Gasteiger partial charge >= 0.3 is 0 Å². The molecular formula is C14H16BrFN4. The number of piperazine rings is 1. The monoisotopic (exact) mass is 338 g/mol. The van der Waals surface area contributed by atoms with E-state index in [9.17, 15) is 4.39 Å². The van der Waals surface area contributed by atoms with E-state index in [2.05, 4.69) is 37.8 Å². The van der Waals surface area contributed by atoms with Crippen molar-refractivity contribution in [2.45, 2.75) is 0 Å². The summed E-state index contributed by atoms with van der Waals surface area (Å²) in [7, 11) is 2.09. The fourth-order valence-corrected chi connectivity index (χ4v) is 2.71. The second kappa shape index (κ2) is 5.54. The van der Waals surface area contributed by atoms with Crippen molar-refractivity contribution in [2.75, 3.05) is 38.1 Å². The number of halogens is 2. The van der Waals surface area contributed by atoms with Crippen molar-refractivity contribution in [3.63, 3.8) is 0 Å². The Bertz CT molecular complexity index is 605. The third-order valence-corrected chi connectivity index (χ3v) is 4.03. The zero-order valence-electron chi connectivity index (χ0n) is 11.3. The van der Waals surface area contributed by atoms with E-state index in [4.69, 9.17) is 0 Å². The first-order valence-electron chi connectivity index (χ1n) is 6.56. The van der Waals surface area contributed by atoms with Gasteiger partial charge in [0.1, 0.15) is 16.7 Å². The molecule has 1 saturated heterocycles. The highest BCUT2D eigenvalue weighted by molar-refractivity contribution is 9.10. The molecule has 20 heavy (non-hydrogen) atoms. The number of imidazole rings is 1. The average Bonchev–Trinajstić information content (AvgIpc) is 2.87. The highest BCUT2D eigenvalue weighted by atomic mass is 79.9. The molecule has 4 nitrogen and oxygen atoms in total. The van der Waals surface area contributed by atoms with Gasteiger partial charge in [-0.2, -0.15) is 0 Å². The summed E-state index contributed by atoms with van der Waals surface area (Å²) in [4.78, 5) is 8.44. The van der Waals surface area contributed by atoms with Crippen LogP contribution in [0.25, 0.3) is 5.69 Å². The quantitative estimate of drug-likeness (QED) is 0.840. The Morgan fingerprint density at radius 1 is 1.20 bits per heavy atom. The van der Waals surface area contributed by atoms with E-state index in [0.29, 0.717) is 5.69 Å². The van der Waals surface area contributed by atoms with Gasteiger partial charge in [0.25, 0.3) is 0 Å². The maximum atomic E-state index is 14.3. The number of hydrogen-bond donors (Lipinski definition) is 0. The molecular weight excluding hydrogens is 323 g/mol. The van der Waals surface area contributed by atoms with Crippen LogP contribution in [-0.4, -0.2) is 47.7 Å². The second-order valence-corrected chi connectivity index (χ2v) is 5.84. The van der Waals surface area contributed by atoms with Crippen LogP contribution in [0.15, 0.2) is 35.3 Å². The molecule has 0 saturated carbocycles. The van der Waals surface area contributed by atoms with Gasteiger partial charge in [0.05, 0.1) is 5.69 Å². The van der Waals surface area contributed by atoms with Crippen LogP contribution in [-0.2, 0) is 0 Å². The standard InChI is InChI=1S/C14H16BrFN4/c1-18-4-6-19(7-5-18)13-3-2-11(8-12(13)16)20-9-14(15)17-10-20/h2-3,8-10H,4-7H2,1H3. The number of rotatable bonds is 2. The van der Waals surface area contributed by atoms with Gasteiger partial charge in [-0.05, 0) is 35.1 Å². The zero-order chi connectivity index (χ0) is 14.1. The molecule has 0 radical (unpaired) electrons. The minimum Gasteiger partial charge on any atom is -0.367 e. The Morgan fingerprint density at radius 2 is 1.95 bits per heavy atom. The molecule has 1 aliphatic rings.